The Kier molecular flexibility index (Phi) is 7.85. The van der Waals surface area contributed by atoms with Crippen molar-refractivity contribution in [2.45, 2.75) is 74.3 Å². The second-order valence-corrected chi connectivity index (χ2v) is 8.11. The number of ether oxygens (including phenoxy) is 1. The zero-order chi connectivity index (χ0) is 19.3. The number of hydrogen-bond donors (Lipinski definition) is 0. The molecular formula is C22H34O3. The lowest BCUT2D eigenvalue weighted by atomic mass is 9.90. The summed E-state index contributed by atoms with van der Waals surface area (Å²) in [5, 5.41) is 0. The van der Waals surface area contributed by atoms with Crippen LogP contribution in [-0.4, -0.2) is 17.9 Å². The molecule has 2 atom stereocenters. The maximum atomic E-state index is 13.1. The summed E-state index contributed by atoms with van der Waals surface area (Å²) in [5.74, 6) is -0.0503. The Hall–Kier alpha value is -1.64. The normalized spacial score (nSPS) is 13.8. The zero-order valence-electron chi connectivity index (χ0n) is 17.1. The Labute approximate surface area is 153 Å². The number of esters is 1. The molecule has 25 heavy (non-hydrogen) atoms. The van der Waals surface area contributed by atoms with Crippen LogP contribution in [0.25, 0.3) is 0 Å². The van der Waals surface area contributed by atoms with E-state index < -0.39 is 6.10 Å². The van der Waals surface area contributed by atoms with Crippen LogP contribution in [0.5, 0.6) is 0 Å². The van der Waals surface area contributed by atoms with Gasteiger partial charge in [0.05, 0.1) is 5.92 Å². The van der Waals surface area contributed by atoms with E-state index in [1.165, 1.54) is 0 Å². The van der Waals surface area contributed by atoms with Gasteiger partial charge < -0.3 is 4.74 Å². The predicted molar refractivity (Wildman–Crippen MR) is 103 cm³/mol. The van der Waals surface area contributed by atoms with E-state index in [2.05, 4.69) is 13.8 Å². The third kappa shape index (κ3) is 5.98. The fraction of sp³-hybridized carbons (Fsp3) is 0.636. The smallest absolute Gasteiger partial charge is 0.309 e. The summed E-state index contributed by atoms with van der Waals surface area (Å²) in [6.45, 7) is 15.9. The number of rotatable bonds is 8. The van der Waals surface area contributed by atoms with Crippen molar-refractivity contribution in [3.8, 4) is 0 Å². The van der Waals surface area contributed by atoms with Crippen LogP contribution in [0.1, 0.15) is 74.5 Å². The van der Waals surface area contributed by atoms with Gasteiger partial charge in [0.25, 0.3) is 0 Å². The molecule has 0 aliphatic rings. The number of hydrogen-bond acceptors (Lipinski definition) is 3. The minimum absolute atomic E-state index is 0.0612. The minimum atomic E-state index is -0.728. The quantitative estimate of drug-likeness (QED) is 0.465. The largest absolute Gasteiger partial charge is 0.453 e. The Bertz CT molecular complexity index is 591. The van der Waals surface area contributed by atoms with Crippen LogP contribution in [0.15, 0.2) is 12.1 Å². The van der Waals surface area contributed by atoms with Crippen LogP contribution < -0.4 is 0 Å². The Morgan fingerprint density at radius 3 is 1.88 bits per heavy atom. The number of aryl methyl sites for hydroxylation is 3. The number of carbonyl (C=O) groups is 2. The molecule has 1 aromatic carbocycles. The van der Waals surface area contributed by atoms with Crippen molar-refractivity contribution >= 4 is 11.8 Å². The molecule has 0 saturated carbocycles. The van der Waals surface area contributed by atoms with E-state index in [9.17, 15) is 9.59 Å². The van der Waals surface area contributed by atoms with E-state index in [1.807, 2.05) is 53.7 Å². The van der Waals surface area contributed by atoms with Crippen LogP contribution in [0.2, 0.25) is 0 Å². The molecule has 1 aromatic rings. The van der Waals surface area contributed by atoms with Gasteiger partial charge in [-0.2, -0.15) is 0 Å². The average molecular weight is 347 g/mol. The van der Waals surface area contributed by atoms with E-state index in [4.69, 9.17) is 4.74 Å². The summed E-state index contributed by atoms with van der Waals surface area (Å²) < 4.78 is 5.67. The third-order valence-electron chi connectivity index (χ3n) is 4.61. The first-order chi connectivity index (χ1) is 11.5. The molecule has 140 valence electrons. The molecule has 0 bridgehead atoms. The van der Waals surface area contributed by atoms with Crippen LogP contribution in [0, 0.1) is 38.5 Å². The maximum absolute atomic E-state index is 13.1. The Morgan fingerprint density at radius 2 is 1.44 bits per heavy atom. The molecular weight excluding hydrogens is 312 g/mol. The van der Waals surface area contributed by atoms with Crippen LogP contribution in [0.3, 0.4) is 0 Å². The van der Waals surface area contributed by atoms with Gasteiger partial charge in [-0.05, 0) is 50.2 Å². The highest BCUT2D eigenvalue weighted by molar-refractivity contribution is 6.03. The maximum Gasteiger partial charge on any atom is 0.309 e. The van der Waals surface area contributed by atoms with Crippen molar-refractivity contribution in [1.29, 1.82) is 0 Å². The molecule has 0 aliphatic carbocycles. The predicted octanol–water partition coefficient (Wildman–Crippen LogP) is 5.43. The third-order valence-corrected chi connectivity index (χ3v) is 4.61. The standard InChI is InChI=1S/C22H34O3/c1-13(2)9-10-16(6)22(24)25-21(14(3)4)20(23)19-17(7)11-15(5)12-18(19)8/h11-14,16,21H,9-10H2,1-8H3. The molecule has 0 amide bonds. The monoisotopic (exact) mass is 346 g/mol. The van der Waals surface area contributed by atoms with E-state index in [0.29, 0.717) is 11.5 Å². The van der Waals surface area contributed by atoms with Gasteiger partial charge in [-0.25, -0.2) is 0 Å². The molecule has 0 saturated heterocycles. The SMILES string of the molecule is Cc1cc(C)c(C(=O)C(OC(=O)C(C)CCC(C)C)C(C)C)c(C)c1. The van der Waals surface area contributed by atoms with Crippen molar-refractivity contribution in [2.75, 3.05) is 0 Å². The van der Waals surface area contributed by atoms with Crippen molar-refractivity contribution in [3.05, 3.63) is 34.4 Å². The van der Waals surface area contributed by atoms with Crippen LogP contribution in [-0.2, 0) is 9.53 Å². The van der Waals surface area contributed by atoms with Crippen molar-refractivity contribution in [2.24, 2.45) is 17.8 Å². The van der Waals surface area contributed by atoms with E-state index >= 15 is 0 Å². The van der Waals surface area contributed by atoms with E-state index in [-0.39, 0.29) is 23.6 Å². The average Bonchev–Trinajstić information content (AvgIpc) is 2.48. The molecule has 0 N–H and O–H groups in total. The summed E-state index contributed by atoms with van der Waals surface area (Å²) in [6.07, 6.45) is 1.04. The number of carbonyl (C=O) groups excluding carboxylic acids is 2. The van der Waals surface area contributed by atoms with Gasteiger partial charge in [0.2, 0.25) is 5.78 Å². The van der Waals surface area contributed by atoms with Gasteiger partial charge in [-0.1, -0.05) is 58.7 Å². The summed E-state index contributed by atoms with van der Waals surface area (Å²) in [4.78, 5) is 25.5. The Balaban J connectivity index is 2.97. The second-order valence-electron chi connectivity index (χ2n) is 8.11. The fourth-order valence-corrected chi connectivity index (χ4v) is 3.15. The number of Topliss-reactive ketones (excluding diaryl/α,β-unsaturated/α-hetero) is 1. The summed E-state index contributed by atoms with van der Waals surface area (Å²) in [5.41, 5.74) is 3.70. The highest BCUT2D eigenvalue weighted by Crippen LogP contribution is 2.23. The first kappa shape index (κ1) is 21.4. The van der Waals surface area contributed by atoms with Gasteiger partial charge in [0.1, 0.15) is 0 Å². The van der Waals surface area contributed by atoms with Crippen LogP contribution in [0.4, 0.5) is 0 Å². The molecule has 0 heterocycles. The van der Waals surface area contributed by atoms with Gasteiger partial charge in [-0.3, -0.25) is 9.59 Å². The summed E-state index contributed by atoms with van der Waals surface area (Å²) in [7, 11) is 0. The van der Waals surface area contributed by atoms with Gasteiger partial charge in [-0.15, -0.1) is 0 Å². The number of ketones is 1. The topological polar surface area (TPSA) is 43.4 Å². The minimum Gasteiger partial charge on any atom is -0.453 e. The lowest BCUT2D eigenvalue weighted by Gasteiger charge is -2.24. The lowest BCUT2D eigenvalue weighted by Crippen LogP contribution is -2.35. The first-order valence-corrected chi connectivity index (χ1v) is 9.37. The molecule has 0 spiro atoms. The fourth-order valence-electron chi connectivity index (χ4n) is 3.15. The van der Waals surface area contributed by atoms with Crippen molar-refractivity contribution in [3.63, 3.8) is 0 Å². The number of benzene rings is 1. The zero-order valence-corrected chi connectivity index (χ0v) is 17.1. The molecule has 3 heteroatoms. The molecule has 0 aliphatic heterocycles. The van der Waals surface area contributed by atoms with Gasteiger partial charge in [0.15, 0.2) is 6.10 Å². The summed E-state index contributed by atoms with van der Waals surface area (Å²) >= 11 is 0. The molecule has 0 radical (unpaired) electrons. The molecule has 0 fully saturated rings. The van der Waals surface area contributed by atoms with E-state index in [0.717, 1.165) is 29.5 Å². The summed E-state index contributed by atoms with van der Waals surface area (Å²) in [6, 6.07) is 4.01. The van der Waals surface area contributed by atoms with Gasteiger partial charge >= 0.3 is 5.97 Å². The second kappa shape index (κ2) is 9.17. The molecule has 3 nitrogen and oxygen atoms in total. The van der Waals surface area contributed by atoms with E-state index in [1.54, 1.807) is 0 Å². The van der Waals surface area contributed by atoms with Crippen molar-refractivity contribution < 1.29 is 14.3 Å². The first-order valence-electron chi connectivity index (χ1n) is 9.37. The highest BCUT2D eigenvalue weighted by Gasteiger charge is 2.31. The Morgan fingerprint density at radius 1 is 0.920 bits per heavy atom. The lowest BCUT2D eigenvalue weighted by molar-refractivity contribution is -0.153. The molecule has 1 rings (SSSR count). The van der Waals surface area contributed by atoms with Crippen molar-refractivity contribution in [1.82, 2.24) is 0 Å². The molecule has 0 aromatic heterocycles. The van der Waals surface area contributed by atoms with Gasteiger partial charge in [0, 0.05) is 5.56 Å². The highest BCUT2D eigenvalue weighted by atomic mass is 16.5. The molecule has 2 unspecified atom stereocenters. The van der Waals surface area contributed by atoms with Crippen LogP contribution >= 0.6 is 0 Å².